The molecule has 4 nitrogen and oxygen atoms in total. The van der Waals surface area contributed by atoms with Crippen LogP contribution in [0.5, 0.6) is 0 Å². The van der Waals surface area contributed by atoms with Gasteiger partial charge in [0.05, 0.1) is 0 Å². The molecule has 2 rings (SSSR count). The highest BCUT2D eigenvalue weighted by atomic mass is 15.2. The van der Waals surface area contributed by atoms with Gasteiger partial charge in [-0.2, -0.15) is 5.10 Å². The summed E-state index contributed by atoms with van der Waals surface area (Å²) in [7, 11) is 0. The van der Waals surface area contributed by atoms with Crippen molar-refractivity contribution in [3.63, 3.8) is 0 Å². The van der Waals surface area contributed by atoms with Crippen molar-refractivity contribution in [2.24, 2.45) is 5.92 Å². The molecule has 0 saturated carbocycles. The third-order valence-electron chi connectivity index (χ3n) is 2.96. The molecule has 0 aliphatic carbocycles. The molecule has 1 unspecified atom stereocenters. The quantitative estimate of drug-likeness (QED) is 0.754. The lowest BCUT2D eigenvalue weighted by Crippen LogP contribution is -2.44. The predicted octanol–water partition coefficient (Wildman–Crippen LogP) is 1.08. The molecule has 1 aliphatic rings. The summed E-state index contributed by atoms with van der Waals surface area (Å²) in [4.78, 5) is 4.51. The van der Waals surface area contributed by atoms with Gasteiger partial charge in [-0.1, -0.05) is 13.8 Å². The molecule has 1 aliphatic heterocycles. The van der Waals surface area contributed by atoms with Gasteiger partial charge >= 0.3 is 0 Å². The second kappa shape index (κ2) is 4.09. The van der Waals surface area contributed by atoms with Gasteiger partial charge < -0.3 is 5.32 Å². The number of nitrogens with one attached hydrogen (secondary N) is 2. The van der Waals surface area contributed by atoms with Gasteiger partial charge in [-0.25, -0.2) is 4.98 Å². The lowest BCUT2D eigenvalue weighted by atomic mass is 9.88. The van der Waals surface area contributed by atoms with E-state index >= 15 is 0 Å². The molecule has 1 aromatic heterocycles. The van der Waals surface area contributed by atoms with Gasteiger partial charge in [0.1, 0.15) is 5.82 Å². The summed E-state index contributed by atoms with van der Waals surface area (Å²) in [5.41, 5.74) is 0. The second-order valence-electron chi connectivity index (χ2n) is 4.10. The fourth-order valence-electron chi connectivity index (χ4n) is 1.74. The maximum Gasteiger partial charge on any atom is 0.153 e. The zero-order valence-corrected chi connectivity index (χ0v) is 8.88. The molecule has 1 saturated heterocycles. The maximum atomic E-state index is 4.51. The third-order valence-corrected chi connectivity index (χ3v) is 2.96. The molecule has 1 atom stereocenters. The van der Waals surface area contributed by atoms with Crippen molar-refractivity contribution in [2.75, 3.05) is 13.1 Å². The predicted molar refractivity (Wildman–Crippen MR) is 55.2 cm³/mol. The molecule has 0 spiro atoms. The number of H-pyrrole nitrogens is 1. The van der Waals surface area contributed by atoms with E-state index < -0.39 is 0 Å². The van der Waals surface area contributed by atoms with Crippen LogP contribution in [-0.4, -0.2) is 28.3 Å². The van der Waals surface area contributed by atoms with Crippen LogP contribution >= 0.6 is 0 Å². The van der Waals surface area contributed by atoms with Crippen LogP contribution in [-0.2, 0) is 6.42 Å². The number of hydrogen-bond donors (Lipinski definition) is 2. The molecule has 1 fully saturated rings. The Morgan fingerprint density at radius 2 is 2.29 bits per heavy atom. The molecule has 0 amide bonds. The molecule has 0 bridgehead atoms. The van der Waals surface area contributed by atoms with Crippen LogP contribution in [0.15, 0.2) is 0 Å². The van der Waals surface area contributed by atoms with Crippen molar-refractivity contribution in [1.29, 1.82) is 0 Å². The number of nitrogens with zero attached hydrogens (tertiary/aromatic N) is 2. The lowest BCUT2D eigenvalue weighted by molar-refractivity contribution is 0.296. The number of aryl methyl sites for hydroxylation is 1. The summed E-state index contributed by atoms with van der Waals surface area (Å²) in [5, 5.41) is 10.6. The molecule has 0 aromatic carbocycles. The number of hydrogen-bond acceptors (Lipinski definition) is 3. The third kappa shape index (κ3) is 1.80. The highest BCUT2D eigenvalue weighted by Gasteiger charge is 2.27. The summed E-state index contributed by atoms with van der Waals surface area (Å²) in [5.74, 6) is 3.22. The Kier molecular flexibility index (Phi) is 2.82. The van der Waals surface area contributed by atoms with E-state index in [1.54, 1.807) is 0 Å². The van der Waals surface area contributed by atoms with Gasteiger partial charge in [-0.15, -0.1) is 0 Å². The van der Waals surface area contributed by atoms with Gasteiger partial charge in [0, 0.05) is 12.3 Å². The second-order valence-corrected chi connectivity index (χ2v) is 4.10. The van der Waals surface area contributed by atoms with Crippen molar-refractivity contribution < 1.29 is 0 Å². The van der Waals surface area contributed by atoms with Crippen LogP contribution in [0.1, 0.15) is 37.8 Å². The maximum absolute atomic E-state index is 4.51. The normalized spacial score (nSPS) is 19.3. The first-order valence-electron chi connectivity index (χ1n) is 5.43. The smallest absolute Gasteiger partial charge is 0.153 e. The first-order chi connectivity index (χ1) is 6.81. The molecule has 2 N–H and O–H groups in total. The van der Waals surface area contributed by atoms with E-state index in [4.69, 9.17) is 0 Å². The van der Waals surface area contributed by atoms with E-state index in [1.807, 2.05) is 0 Å². The molecule has 0 radical (unpaired) electrons. The lowest BCUT2D eigenvalue weighted by Gasteiger charge is -2.30. The first kappa shape index (κ1) is 9.65. The first-order valence-corrected chi connectivity index (χ1v) is 5.43. The summed E-state index contributed by atoms with van der Waals surface area (Å²) in [6.07, 6.45) is 2.12. The minimum absolute atomic E-state index is 0.484. The minimum Gasteiger partial charge on any atom is -0.316 e. The standard InChI is InChI=1S/C10H18N4/c1-3-4-9-12-10(14-13-9)7(2)8-5-11-6-8/h7-8,11H,3-6H2,1-2H3,(H,12,13,14). The van der Waals surface area contributed by atoms with Crippen molar-refractivity contribution in [3.05, 3.63) is 11.6 Å². The zero-order chi connectivity index (χ0) is 9.97. The fraction of sp³-hybridized carbons (Fsp3) is 0.800. The Morgan fingerprint density at radius 3 is 2.86 bits per heavy atom. The van der Waals surface area contributed by atoms with E-state index in [0.29, 0.717) is 5.92 Å². The van der Waals surface area contributed by atoms with E-state index in [9.17, 15) is 0 Å². The van der Waals surface area contributed by atoms with Crippen LogP contribution in [0, 0.1) is 5.92 Å². The summed E-state index contributed by atoms with van der Waals surface area (Å²) < 4.78 is 0. The van der Waals surface area contributed by atoms with Crippen LogP contribution in [0.2, 0.25) is 0 Å². The van der Waals surface area contributed by atoms with Crippen LogP contribution in [0.4, 0.5) is 0 Å². The highest BCUT2D eigenvalue weighted by molar-refractivity contribution is 5.01. The van der Waals surface area contributed by atoms with E-state index in [0.717, 1.165) is 43.5 Å². The molecule has 14 heavy (non-hydrogen) atoms. The monoisotopic (exact) mass is 194 g/mol. The Bertz CT molecular complexity index is 290. The van der Waals surface area contributed by atoms with Crippen molar-refractivity contribution in [3.8, 4) is 0 Å². The molecule has 2 heterocycles. The number of aromatic nitrogens is 3. The van der Waals surface area contributed by atoms with Crippen molar-refractivity contribution >= 4 is 0 Å². The van der Waals surface area contributed by atoms with Gasteiger partial charge in [-0.3, -0.25) is 5.10 Å². The Balaban J connectivity index is 2.00. The average Bonchev–Trinajstić information content (AvgIpc) is 2.50. The van der Waals surface area contributed by atoms with Crippen molar-refractivity contribution in [2.45, 2.75) is 32.6 Å². The van der Waals surface area contributed by atoms with E-state index in [1.165, 1.54) is 0 Å². The SMILES string of the molecule is CCCc1nc(C(C)C2CNC2)n[nH]1. The molecule has 1 aromatic rings. The fourth-order valence-corrected chi connectivity index (χ4v) is 1.74. The zero-order valence-electron chi connectivity index (χ0n) is 8.88. The van der Waals surface area contributed by atoms with Crippen molar-refractivity contribution in [1.82, 2.24) is 20.5 Å². The summed E-state index contributed by atoms with van der Waals surface area (Å²) >= 11 is 0. The van der Waals surface area contributed by atoms with Gasteiger partial charge in [-0.05, 0) is 25.4 Å². The van der Waals surface area contributed by atoms with E-state index in [2.05, 4.69) is 34.3 Å². The molecule has 4 heteroatoms. The number of aromatic amines is 1. The number of rotatable bonds is 4. The Hall–Kier alpha value is -0.900. The molecular formula is C10H18N4. The molecular weight excluding hydrogens is 176 g/mol. The Labute approximate surface area is 84.5 Å². The minimum atomic E-state index is 0.484. The van der Waals surface area contributed by atoms with Crippen LogP contribution in [0.3, 0.4) is 0 Å². The molecule has 78 valence electrons. The highest BCUT2D eigenvalue weighted by Crippen LogP contribution is 2.24. The summed E-state index contributed by atoms with van der Waals surface area (Å²) in [6.45, 7) is 6.59. The topological polar surface area (TPSA) is 53.6 Å². The van der Waals surface area contributed by atoms with E-state index in [-0.39, 0.29) is 0 Å². The van der Waals surface area contributed by atoms with Crippen LogP contribution < -0.4 is 5.32 Å². The van der Waals surface area contributed by atoms with Gasteiger partial charge in [0.2, 0.25) is 0 Å². The largest absolute Gasteiger partial charge is 0.316 e. The van der Waals surface area contributed by atoms with Gasteiger partial charge in [0.25, 0.3) is 0 Å². The van der Waals surface area contributed by atoms with Crippen LogP contribution in [0.25, 0.3) is 0 Å². The summed E-state index contributed by atoms with van der Waals surface area (Å²) in [6, 6.07) is 0. The Morgan fingerprint density at radius 1 is 1.50 bits per heavy atom. The average molecular weight is 194 g/mol. The van der Waals surface area contributed by atoms with Gasteiger partial charge in [0.15, 0.2) is 5.82 Å².